The molecule has 5 rings (SSSR count). The van der Waals surface area contributed by atoms with E-state index in [0.29, 0.717) is 45.1 Å². The number of carbonyl (C=O) groups is 5. The number of likely N-dealkylation sites (tertiary alicyclic amines) is 1. The maximum Gasteiger partial charge on any atom is 0.315 e. The standard InChI is InChI=1S/C35H57N5O7S/c1-7-8-13-23(27(41)30(43)36-21-15-16-21)37-29(42)26-25-22(34(25,5)6)20-40(26)31(44)28(33(2,3)4)38-32(45)39-35(17-10-9-11-18-35)24-14-12-19-48(24,46)47/h21-26,28H,7-20H2,1-6H3,(H,36,43)(H,37,42)(H2,38,39,45)/t22-,23-,24-,25-,26-,28+/m0/s1. The first-order chi connectivity index (χ1) is 22.4. The molecule has 0 unspecified atom stereocenters. The van der Waals surface area contributed by atoms with Crippen molar-refractivity contribution >= 4 is 39.4 Å². The number of unbranched alkanes of at least 4 members (excludes halogenated alkanes) is 1. The molecule has 4 N–H and O–H groups in total. The molecule has 13 heteroatoms. The molecule has 6 atom stereocenters. The fraction of sp³-hybridized carbons (Fsp3) is 0.857. The summed E-state index contributed by atoms with van der Waals surface area (Å²) in [4.78, 5) is 69.7. The van der Waals surface area contributed by atoms with Crippen molar-refractivity contribution in [3.05, 3.63) is 0 Å². The Morgan fingerprint density at radius 2 is 1.60 bits per heavy atom. The first-order valence-corrected chi connectivity index (χ1v) is 19.9. The van der Waals surface area contributed by atoms with Gasteiger partial charge in [-0.05, 0) is 67.6 Å². The monoisotopic (exact) mass is 691 g/mol. The molecular formula is C35H57N5O7S. The second-order valence-corrected chi connectivity index (χ2v) is 19.1. The molecule has 0 bridgehead atoms. The minimum atomic E-state index is -3.35. The van der Waals surface area contributed by atoms with Crippen molar-refractivity contribution in [2.45, 2.75) is 154 Å². The van der Waals surface area contributed by atoms with E-state index in [-0.39, 0.29) is 29.0 Å². The molecule has 2 heterocycles. The molecule has 48 heavy (non-hydrogen) atoms. The van der Waals surface area contributed by atoms with E-state index in [1.165, 1.54) is 0 Å². The van der Waals surface area contributed by atoms with Crippen molar-refractivity contribution in [3.63, 3.8) is 0 Å². The number of hydrogen-bond acceptors (Lipinski definition) is 7. The van der Waals surface area contributed by atoms with Gasteiger partial charge in [0.05, 0.1) is 22.6 Å². The van der Waals surface area contributed by atoms with Gasteiger partial charge in [-0.2, -0.15) is 0 Å². The molecule has 5 aliphatic rings. The number of fused-ring (bicyclic) bond motifs is 1. The van der Waals surface area contributed by atoms with Gasteiger partial charge in [0.15, 0.2) is 9.84 Å². The number of nitrogens with one attached hydrogen (secondary N) is 4. The molecule has 5 fully saturated rings. The van der Waals surface area contributed by atoms with Gasteiger partial charge >= 0.3 is 6.03 Å². The van der Waals surface area contributed by atoms with E-state index in [1.807, 2.05) is 27.7 Å². The van der Waals surface area contributed by atoms with Crippen molar-refractivity contribution in [3.8, 4) is 0 Å². The molecule has 12 nitrogen and oxygen atoms in total. The highest BCUT2D eigenvalue weighted by Crippen LogP contribution is 2.65. The van der Waals surface area contributed by atoms with Gasteiger partial charge in [0.1, 0.15) is 12.1 Å². The van der Waals surface area contributed by atoms with E-state index >= 15 is 0 Å². The van der Waals surface area contributed by atoms with Crippen molar-refractivity contribution in [1.82, 2.24) is 26.2 Å². The third-order valence-electron chi connectivity index (χ3n) is 11.8. The fourth-order valence-electron chi connectivity index (χ4n) is 8.72. The highest BCUT2D eigenvalue weighted by atomic mass is 32.2. The second-order valence-electron chi connectivity index (χ2n) is 16.8. The fourth-order valence-corrected chi connectivity index (χ4v) is 11.1. The summed E-state index contributed by atoms with van der Waals surface area (Å²) in [5.74, 6) is -2.14. The molecule has 0 spiro atoms. The molecule has 270 valence electrons. The van der Waals surface area contributed by atoms with E-state index in [1.54, 1.807) is 4.90 Å². The first-order valence-electron chi connectivity index (χ1n) is 18.2. The summed E-state index contributed by atoms with van der Waals surface area (Å²) >= 11 is 0. The lowest BCUT2D eigenvalue weighted by molar-refractivity contribution is -0.145. The van der Waals surface area contributed by atoms with Crippen LogP contribution in [0.25, 0.3) is 0 Å². The summed E-state index contributed by atoms with van der Waals surface area (Å²) in [7, 11) is -3.35. The lowest BCUT2D eigenvalue weighted by atomic mass is 9.78. The van der Waals surface area contributed by atoms with Gasteiger partial charge in [-0.3, -0.25) is 19.2 Å². The van der Waals surface area contributed by atoms with Gasteiger partial charge in [0.2, 0.25) is 17.6 Å². The molecule has 5 amide bonds. The summed E-state index contributed by atoms with van der Waals surface area (Å²) in [6, 6.07) is -3.42. The van der Waals surface area contributed by atoms with Crippen LogP contribution in [-0.2, 0) is 29.0 Å². The number of carbonyl (C=O) groups excluding carboxylic acids is 5. The van der Waals surface area contributed by atoms with Gasteiger partial charge in [-0.15, -0.1) is 0 Å². The van der Waals surface area contributed by atoms with E-state index in [4.69, 9.17) is 0 Å². The van der Waals surface area contributed by atoms with E-state index in [9.17, 15) is 32.4 Å². The number of amides is 5. The van der Waals surface area contributed by atoms with Gasteiger partial charge < -0.3 is 26.2 Å². The molecule has 2 saturated heterocycles. The second kappa shape index (κ2) is 13.5. The van der Waals surface area contributed by atoms with Crippen LogP contribution in [-0.4, -0.2) is 90.1 Å². The topological polar surface area (TPSA) is 171 Å². The Morgan fingerprint density at radius 3 is 2.17 bits per heavy atom. The maximum absolute atomic E-state index is 14.5. The molecule has 0 aromatic carbocycles. The van der Waals surface area contributed by atoms with Crippen LogP contribution in [0, 0.1) is 22.7 Å². The summed E-state index contributed by atoms with van der Waals surface area (Å²) in [6.45, 7) is 12.0. The minimum absolute atomic E-state index is 0.00883. The van der Waals surface area contributed by atoms with Crippen LogP contribution < -0.4 is 21.3 Å². The third-order valence-corrected chi connectivity index (χ3v) is 14.2. The summed E-state index contributed by atoms with van der Waals surface area (Å²) in [6.07, 6.45) is 8.28. The normalized spacial score (nSPS) is 29.6. The Labute approximate surface area is 286 Å². The predicted molar refractivity (Wildman–Crippen MR) is 181 cm³/mol. The van der Waals surface area contributed by atoms with Crippen LogP contribution in [0.3, 0.4) is 0 Å². The largest absolute Gasteiger partial charge is 0.347 e. The molecule has 3 aliphatic carbocycles. The smallest absolute Gasteiger partial charge is 0.315 e. The van der Waals surface area contributed by atoms with E-state index in [2.05, 4.69) is 35.1 Å². The van der Waals surface area contributed by atoms with Crippen LogP contribution in [0.5, 0.6) is 0 Å². The number of rotatable bonds is 12. The Balaban J connectivity index is 1.34. The highest BCUT2D eigenvalue weighted by Gasteiger charge is 2.70. The van der Waals surface area contributed by atoms with Crippen molar-refractivity contribution in [1.29, 1.82) is 0 Å². The van der Waals surface area contributed by atoms with Crippen molar-refractivity contribution in [2.75, 3.05) is 12.3 Å². The third kappa shape index (κ3) is 7.40. The Kier molecular flexibility index (Phi) is 10.3. The van der Waals surface area contributed by atoms with Crippen molar-refractivity contribution < 1.29 is 32.4 Å². The Morgan fingerprint density at radius 1 is 0.938 bits per heavy atom. The average molecular weight is 692 g/mol. The lowest BCUT2D eigenvalue weighted by Gasteiger charge is -2.43. The number of ketones is 1. The zero-order valence-electron chi connectivity index (χ0n) is 29.7. The van der Waals surface area contributed by atoms with Gasteiger partial charge in [0.25, 0.3) is 5.91 Å². The quantitative estimate of drug-likeness (QED) is 0.228. The SMILES string of the molecule is CCCC[C@H](NC(=O)[C@@H]1[C@@H]2[C@H](CN1C(=O)[C@@H](NC(=O)NC1([C@@H]3CCCS3(=O)=O)CCCCC1)C(C)(C)C)C2(C)C)C(=O)C(=O)NC1CC1. The van der Waals surface area contributed by atoms with Crippen LogP contribution in [0.2, 0.25) is 0 Å². The van der Waals surface area contributed by atoms with Crippen LogP contribution in [0.4, 0.5) is 4.79 Å². The van der Waals surface area contributed by atoms with Gasteiger partial charge in [-0.25, -0.2) is 13.2 Å². The summed E-state index contributed by atoms with van der Waals surface area (Å²) < 4.78 is 26.1. The Hall–Kier alpha value is -2.70. The zero-order valence-corrected chi connectivity index (χ0v) is 30.5. The number of Topliss-reactive ketones (excluding diaryl/α,β-unsaturated/α-hetero) is 1. The lowest BCUT2D eigenvalue weighted by Crippen LogP contribution is -2.65. The van der Waals surface area contributed by atoms with Gasteiger partial charge in [0, 0.05) is 12.6 Å². The number of piperidine rings is 1. The maximum atomic E-state index is 14.5. The number of sulfone groups is 1. The van der Waals surface area contributed by atoms with E-state index < -0.39 is 73.7 Å². The highest BCUT2D eigenvalue weighted by molar-refractivity contribution is 7.92. The molecule has 0 aromatic heterocycles. The summed E-state index contributed by atoms with van der Waals surface area (Å²) in [5.41, 5.74) is -1.80. The number of nitrogens with zero attached hydrogens (tertiary/aromatic N) is 1. The number of hydrogen-bond donors (Lipinski definition) is 4. The molecule has 2 aliphatic heterocycles. The van der Waals surface area contributed by atoms with Crippen LogP contribution in [0.1, 0.15) is 119 Å². The Bertz CT molecular complexity index is 1400. The molecule has 0 aromatic rings. The molecular weight excluding hydrogens is 634 g/mol. The van der Waals surface area contributed by atoms with Gasteiger partial charge in [-0.1, -0.05) is 73.6 Å². The zero-order chi connectivity index (χ0) is 35.2. The first kappa shape index (κ1) is 36.6. The minimum Gasteiger partial charge on any atom is -0.347 e. The summed E-state index contributed by atoms with van der Waals surface area (Å²) in [5, 5.41) is 10.9. The van der Waals surface area contributed by atoms with E-state index in [0.717, 1.165) is 38.5 Å². The van der Waals surface area contributed by atoms with Crippen LogP contribution in [0.15, 0.2) is 0 Å². The molecule has 3 saturated carbocycles. The molecule has 0 radical (unpaired) electrons. The van der Waals surface area contributed by atoms with Crippen molar-refractivity contribution in [2.24, 2.45) is 22.7 Å². The predicted octanol–water partition coefficient (Wildman–Crippen LogP) is 2.99. The average Bonchev–Trinajstić information content (AvgIpc) is 3.79. The van der Waals surface area contributed by atoms with Crippen LogP contribution >= 0.6 is 0 Å². The number of urea groups is 1.